The van der Waals surface area contributed by atoms with Crippen LogP contribution in [0.15, 0.2) is 95.5 Å². The number of aryl methyl sites for hydroxylation is 2. The van der Waals surface area contributed by atoms with Gasteiger partial charge in [-0.3, -0.25) is 0 Å². The second-order valence-corrected chi connectivity index (χ2v) is 19.9. The molecule has 1 atom stereocenters. The molecule has 46 heavy (non-hydrogen) atoms. The molecular weight excluding hydrogens is 579 g/mol. The number of aromatic nitrogens is 3. The number of para-hydroxylation sites is 3. The van der Waals surface area contributed by atoms with E-state index < -0.39 is 13.7 Å². The van der Waals surface area contributed by atoms with Gasteiger partial charge in [0, 0.05) is 22.0 Å². The van der Waals surface area contributed by atoms with Crippen LogP contribution in [0.3, 0.4) is 0 Å². The molecule has 2 aliphatic heterocycles. The van der Waals surface area contributed by atoms with Gasteiger partial charge in [0.15, 0.2) is 22.8 Å². The molecule has 0 aliphatic carbocycles. The summed E-state index contributed by atoms with van der Waals surface area (Å²) in [6, 6.07) is 31.8. The number of rotatable bonds is 4. The van der Waals surface area contributed by atoms with Gasteiger partial charge in [0.05, 0.1) is 31.3 Å². The zero-order chi connectivity index (χ0) is 31.7. The Balaban J connectivity index is 1.53. The number of imidazole rings is 1. The van der Waals surface area contributed by atoms with E-state index in [1.807, 2.05) is 0 Å². The SMILES string of the molecule is CC[n+]1c2n(c3ccccc31)C1(c3ccc(C)cc3-c3cc(CC(C)C)c([Si](C)(C)C)c[n+]31)c1ccc3c(oc4ccccc43)c1-2. The zero-order valence-corrected chi connectivity index (χ0v) is 28.9. The Bertz CT molecular complexity index is 2420. The average molecular weight is 620 g/mol. The maximum absolute atomic E-state index is 6.86. The highest BCUT2D eigenvalue weighted by atomic mass is 28.3. The van der Waals surface area contributed by atoms with E-state index in [0.29, 0.717) is 5.92 Å². The summed E-state index contributed by atoms with van der Waals surface area (Å²) in [5.74, 6) is 1.80. The van der Waals surface area contributed by atoms with Gasteiger partial charge in [0.25, 0.3) is 0 Å². The summed E-state index contributed by atoms with van der Waals surface area (Å²) in [5, 5.41) is 3.89. The molecule has 0 amide bonds. The van der Waals surface area contributed by atoms with Gasteiger partial charge >= 0.3 is 11.5 Å². The van der Waals surface area contributed by atoms with Crippen LogP contribution in [0, 0.1) is 12.8 Å². The van der Waals surface area contributed by atoms with Crippen molar-refractivity contribution in [1.29, 1.82) is 0 Å². The fourth-order valence-electron chi connectivity index (χ4n) is 8.71. The standard InChI is InChI=1S/C41H41N3OSi/c1-8-42-33-14-10-11-15-34(33)44-40(42)38-32(20-18-29-28-13-9-12-16-36(28)45-39(29)38)41(44)31-19-17-26(4)22-30(31)35-23-27(21-25(2)3)37(24-43(35)41)46(5,6)7/h9-20,22-25H,8,21H2,1-7H3/q+2. The Labute approximate surface area is 271 Å². The van der Waals surface area contributed by atoms with Gasteiger partial charge in [0.2, 0.25) is 5.69 Å². The normalized spacial score (nSPS) is 16.6. The third kappa shape index (κ3) is 3.39. The maximum atomic E-state index is 6.86. The van der Waals surface area contributed by atoms with Crippen molar-refractivity contribution in [3.63, 3.8) is 0 Å². The van der Waals surface area contributed by atoms with Crippen molar-refractivity contribution >= 4 is 46.2 Å². The van der Waals surface area contributed by atoms with E-state index in [4.69, 9.17) is 4.42 Å². The molecule has 2 aliphatic rings. The molecule has 7 aromatic rings. The molecule has 3 aromatic heterocycles. The first-order valence-corrected chi connectivity index (χ1v) is 20.3. The first-order chi connectivity index (χ1) is 22.1. The van der Waals surface area contributed by atoms with E-state index in [1.54, 1.807) is 5.19 Å². The lowest BCUT2D eigenvalue weighted by Gasteiger charge is -2.24. The molecule has 0 saturated heterocycles. The molecule has 4 nitrogen and oxygen atoms in total. The van der Waals surface area contributed by atoms with Crippen molar-refractivity contribution in [2.45, 2.75) is 66.0 Å². The first kappa shape index (κ1) is 27.8. The van der Waals surface area contributed by atoms with Crippen LogP contribution >= 0.6 is 0 Å². The van der Waals surface area contributed by atoms with Gasteiger partial charge < -0.3 is 4.42 Å². The van der Waals surface area contributed by atoms with Crippen molar-refractivity contribution in [2.75, 3.05) is 0 Å². The third-order valence-electron chi connectivity index (χ3n) is 10.5. The van der Waals surface area contributed by atoms with Gasteiger partial charge in [-0.2, -0.15) is 4.57 Å². The number of hydrogen-bond donors (Lipinski definition) is 0. The molecule has 1 unspecified atom stereocenters. The number of pyridine rings is 1. The lowest BCUT2D eigenvalue weighted by atomic mass is 9.88. The Morgan fingerprint density at radius 3 is 2.41 bits per heavy atom. The minimum Gasteiger partial charge on any atom is -0.455 e. The molecule has 5 heteroatoms. The molecule has 0 N–H and O–H groups in total. The fraction of sp³-hybridized carbons (Fsp3) is 0.268. The second kappa shape index (κ2) is 9.29. The van der Waals surface area contributed by atoms with E-state index in [1.165, 1.54) is 66.7 Å². The van der Waals surface area contributed by atoms with E-state index in [-0.39, 0.29) is 0 Å². The summed E-state index contributed by atoms with van der Waals surface area (Å²) in [4.78, 5) is 0. The van der Waals surface area contributed by atoms with Crippen LogP contribution in [0.4, 0.5) is 0 Å². The summed E-state index contributed by atoms with van der Waals surface area (Å²) < 4.78 is 14.7. The molecule has 5 heterocycles. The highest BCUT2D eigenvalue weighted by Crippen LogP contribution is 2.55. The van der Waals surface area contributed by atoms with E-state index in [2.05, 4.69) is 152 Å². The minimum atomic E-state index is -1.73. The summed E-state index contributed by atoms with van der Waals surface area (Å²) in [5.41, 5.74) is 13.1. The average Bonchev–Trinajstić information content (AvgIpc) is 3.72. The molecule has 4 aromatic carbocycles. The lowest BCUT2D eigenvalue weighted by Crippen LogP contribution is -2.61. The van der Waals surface area contributed by atoms with E-state index in [9.17, 15) is 0 Å². The summed E-state index contributed by atoms with van der Waals surface area (Å²) >= 11 is 0. The highest BCUT2D eigenvalue weighted by molar-refractivity contribution is 6.89. The first-order valence-electron chi connectivity index (χ1n) is 16.8. The van der Waals surface area contributed by atoms with E-state index >= 15 is 0 Å². The fourth-order valence-corrected chi connectivity index (χ4v) is 10.4. The van der Waals surface area contributed by atoms with Gasteiger partial charge in [-0.05, 0) is 74.2 Å². The van der Waals surface area contributed by atoms with Gasteiger partial charge in [-0.25, -0.2) is 4.57 Å². The van der Waals surface area contributed by atoms with Crippen molar-refractivity contribution in [3.8, 4) is 22.6 Å². The van der Waals surface area contributed by atoms with Crippen LogP contribution in [0.5, 0.6) is 0 Å². The number of hydrogen-bond acceptors (Lipinski definition) is 1. The molecule has 0 bridgehead atoms. The molecular formula is C41H41N3OSi+2. The third-order valence-corrected chi connectivity index (χ3v) is 12.5. The molecule has 0 fully saturated rings. The van der Waals surface area contributed by atoms with Crippen LogP contribution in [0.25, 0.3) is 55.6 Å². The van der Waals surface area contributed by atoms with Crippen LogP contribution in [0.1, 0.15) is 43.0 Å². The predicted octanol–water partition coefficient (Wildman–Crippen LogP) is 8.45. The maximum Gasteiger partial charge on any atom is 0.364 e. The monoisotopic (exact) mass is 619 g/mol. The lowest BCUT2D eigenvalue weighted by molar-refractivity contribution is -0.734. The van der Waals surface area contributed by atoms with Crippen molar-refractivity contribution < 1.29 is 13.6 Å². The Morgan fingerprint density at radius 1 is 0.870 bits per heavy atom. The van der Waals surface area contributed by atoms with E-state index in [0.717, 1.165) is 24.1 Å². The molecule has 0 radical (unpaired) electrons. The summed E-state index contributed by atoms with van der Waals surface area (Å²) in [6.45, 7) is 17.6. The Hall–Kier alpha value is -4.48. The second-order valence-electron chi connectivity index (χ2n) is 14.9. The smallest absolute Gasteiger partial charge is 0.364 e. The van der Waals surface area contributed by atoms with Crippen molar-refractivity contribution in [2.24, 2.45) is 5.92 Å². The molecule has 0 saturated carbocycles. The number of furan rings is 1. The predicted molar refractivity (Wildman–Crippen MR) is 190 cm³/mol. The highest BCUT2D eigenvalue weighted by Gasteiger charge is 2.67. The summed E-state index contributed by atoms with van der Waals surface area (Å²) in [6.07, 6.45) is 3.66. The molecule has 9 rings (SSSR count). The minimum absolute atomic E-state index is 0.586. The Kier molecular flexibility index (Phi) is 5.61. The van der Waals surface area contributed by atoms with Crippen molar-refractivity contribution in [1.82, 2.24) is 4.57 Å². The zero-order valence-electron chi connectivity index (χ0n) is 27.9. The quantitative estimate of drug-likeness (QED) is 0.143. The molecule has 1 spiro atoms. The number of fused-ring (bicyclic) bond motifs is 16. The van der Waals surface area contributed by atoms with Gasteiger partial charge in [-0.15, -0.1) is 4.57 Å². The van der Waals surface area contributed by atoms with Crippen LogP contribution in [0.2, 0.25) is 19.6 Å². The summed E-state index contributed by atoms with van der Waals surface area (Å²) in [7, 11) is -1.73. The molecule has 228 valence electrons. The Morgan fingerprint density at radius 2 is 1.63 bits per heavy atom. The largest absolute Gasteiger partial charge is 0.455 e. The van der Waals surface area contributed by atoms with Gasteiger partial charge in [-0.1, -0.05) is 75.5 Å². The van der Waals surface area contributed by atoms with Crippen LogP contribution < -0.4 is 14.3 Å². The van der Waals surface area contributed by atoms with Crippen LogP contribution in [-0.2, 0) is 18.6 Å². The number of nitrogens with zero attached hydrogens (tertiary/aromatic N) is 3. The van der Waals surface area contributed by atoms with Crippen molar-refractivity contribution in [3.05, 3.63) is 113 Å². The topological polar surface area (TPSA) is 25.8 Å². The van der Waals surface area contributed by atoms with Gasteiger partial charge in [0.1, 0.15) is 11.1 Å². The number of benzene rings is 4. The van der Waals surface area contributed by atoms with Crippen LogP contribution in [-0.4, -0.2) is 12.6 Å².